The van der Waals surface area contributed by atoms with E-state index in [0.717, 1.165) is 32.8 Å². The fourth-order valence-corrected chi connectivity index (χ4v) is 3.46. The zero-order valence-corrected chi connectivity index (χ0v) is 13.7. The van der Waals surface area contributed by atoms with Crippen LogP contribution in [0.4, 0.5) is 0 Å². The highest BCUT2D eigenvalue weighted by atomic mass is 35.5. The van der Waals surface area contributed by atoms with Gasteiger partial charge in [0, 0.05) is 28.1 Å². The molecule has 0 aromatic carbocycles. The molecule has 4 nitrogen and oxygen atoms in total. The highest BCUT2D eigenvalue weighted by Crippen LogP contribution is 2.32. The van der Waals surface area contributed by atoms with Crippen molar-refractivity contribution in [2.45, 2.75) is 19.8 Å². The molecule has 0 unspecified atom stereocenters. The van der Waals surface area contributed by atoms with E-state index in [4.69, 9.17) is 11.6 Å². The van der Waals surface area contributed by atoms with E-state index < -0.39 is 0 Å². The Kier molecular flexibility index (Phi) is 3.13. The summed E-state index contributed by atoms with van der Waals surface area (Å²) in [4.78, 5) is 10.2. The Hall–Kier alpha value is -1.98. The number of hydrogen-bond donors (Lipinski definition) is 0. The van der Waals surface area contributed by atoms with Crippen LogP contribution in [0.3, 0.4) is 0 Å². The second kappa shape index (κ2) is 5.04. The van der Waals surface area contributed by atoms with Gasteiger partial charge >= 0.3 is 0 Å². The predicted molar refractivity (Wildman–Crippen MR) is 90.7 cm³/mol. The molecule has 0 radical (unpaired) electrons. The molecule has 22 heavy (non-hydrogen) atoms. The third-order valence-corrected chi connectivity index (χ3v) is 4.80. The maximum atomic E-state index is 6.40. The standard InChI is InChI=1S/C16H13ClN4S/c1-9(2)12-7-14-18-8-10-6-11(13-4-3-5-22-13)15(17)19-16(10)21(14)20-12/h3-9H,1-2H3. The van der Waals surface area contributed by atoms with Gasteiger partial charge in [-0.15, -0.1) is 11.3 Å². The molecular weight excluding hydrogens is 316 g/mol. The van der Waals surface area contributed by atoms with Crippen molar-refractivity contribution in [2.24, 2.45) is 0 Å². The average Bonchev–Trinajstić information content (AvgIpc) is 3.16. The maximum Gasteiger partial charge on any atom is 0.166 e. The lowest BCUT2D eigenvalue weighted by Gasteiger charge is -2.05. The zero-order valence-electron chi connectivity index (χ0n) is 12.1. The molecular formula is C16H13ClN4S. The summed E-state index contributed by atoms with van der Waals surface area (Å²) in [5, 5.41) is 8.06. The monoisotopic (exact) mass is 328 g/mol. The van der Waals surface area contributed by atoms with Gasteiger partial charge in [0.1, 0.15) is 5.15 Å². The van der Waals surface area contributed by atoms with Gasteiger partial charge in [0.2, 0.25) is 0 Å². The van der Waals surface area contributed by atoms with E-state index in [1.165, 1.54) is 0 Å². The van der Waals surface area contributed by atoms with E-state index in [0.29, 0.717) is 11.1 Å². The fourth-order valence-electron chi connectivity index (χ4n) is 2.42. The van der Waals surface area contributed by atoms with E-state index in [1.54, 1.807) is 15.9 Å². The van der Waals surface area contributed by atoms with E-state index in [-0.39, 0.29) is 0 Å². The Bertz CT molecular complexity index is 973. The molecule has 4 rings (SSSR count). The Morgan fingerprint density at radius 2 is 2.14 bits per heavy atom. The minimum absolute atomic E-state index is 0.345. The van der Waals surface area contributed by atoms with Gasteiger partial charge in [-0.05, 0) is 23.4 Å². The molecule has 4 heterocycles. The minimum Gasteiger partial charge on any atom is -0.236 e. The molecule has 4 aromatic heterocycles. The first-order valence-electron chi connectivity index (χ1n) is 7.02. The fraction of sp³-hybridized carbons (Fsp3) is 0.188. The van der Waals surface area contributed by atoms with Crippen LogP contribution < -0.4 is 0 Å². The van der Waals surface area contributed by atoms with Crippen LogP contribution >= 0.6 is 22.9 Å². The summed E-state index contributed by atoms with van der Waals surface area (Å²) in [6.07, 6.45) is 1.83. The number of rotatable bonds is 2. The van der Waals surface area contributed by atoms with Gasteiger partial charge in [0.15, 0.2) is 11.3 Å². The number of aromatic nitrogens is 4. The van der Waals surface area contributed by atoms with E-state index in [2.05, 4.69) is 28.9 Å². The molecule has 0 atom stereocenters. The Balaban J connectivity index is 2.01. The average molecular weight is 329 g/mol. The summed E-state index contributed by atoms with van der Waals surface area (Å²) < 4.78 is 1.77. The van der Waals surface area contributed by atoms with Crippen LogP contribution in [-0.2, 0) is 0 Å². The van der Waals surface area contributed by atoms with Crippen LogP contribution in [0.2, 0.25) is 5.15 Å². The number of nitrogens with zero attached hydrogens (tertiary/aromatic N) is 4. The number of fused-ring (bicyclic) bond motifs is 3. The van der Waals surface area contributed by atoms with Crippen molar-refractivity contribution in [3.05, 3.63) is 46.7 Å². The topological polar surface area (TPSA) is 43.1 Å². The van der Waals surface area contributed by atoms with E-state index >= 15 is 0 Å². The summed E-state index contributed by atoms with van der Waals surface area (Å²) in [6.45, 7) is 4.22. The second-order valence-corrected chi connectivity index (χ2v) is 6.77. The van der Waals surface area contributed by atoms with Crippen molar-refractivity contribution >= 4 is 39.6 Å². The van der Waals surface area contributed by atoms with Crippen LogP contribution in [0.25, 0.3) is 27.1 Å². The predicted octanol–water partition coefficient (Wildman–Crippen LogP) is 4.78. The first kappa shape index (κ1) is 13.7. The van der Waals surface area contributed by atoms with Crippen molar-refractivity contribution < 1.29 is 0 Å². The van der Waals surface area contributed by atoms with Crippen LogP contribution in [0.1, 0.15) is 25.5 Å². The summed E-state index contributed by atoms with van der Waals surface area (Å²) in [5.41, 5.74) is 3.47. The van der Waals surface area contributed by atoms with Gasteiger partial charge in [-0.3, -0.25) is 0 Å². The number of thiophene rings is 1. The Labute approximate surface area is 136 Å². The number of halogens is 1. The molecule has 0 aliphatic heterocycles. The molecule has 6 heteroatoms. The number of hydrogen-bond acceptors (Lipinski definition) is 4. The van der Waals surface area contributed by atoms with E-state index in [1.807, 2.05) is 35.8 Å². The van der Waals surface area contributed by atoms with Gasteiger partial charge in [0.25, 0.3) is 0 Å². The maximum absolute atomic E-state index is 6.40. The molecule has 4 aromatic rings. The lowest BCUT2D eigenvalue weighted by molar-refractivity contribution is 0.792. The molecule has 110 valence electrons. The SMILES string of the molecule is CC(C)c1cc2ncc3cc(-c4cccs4)c(Cl)nc3n2n1. The second-order valence-electron chi connectivity index (χ2n) is 5.47. The minimum atomic E-state index is 0.345. The van der Waals surface area contributed by atoms with Crippen LogP contribution in [0.5, 0.6) is 0 Å². The van der Waals surface area contributed by atoms with Gasteiger partial charge in [-0.25, -0.2) is 9.97 Å². The highest BCUT2D eigenvalue weighted by molar-refractivity contribution is 7.13. The first-order valence-corrected chi connectivity index (χ1v) is 8.28. The lowest BCUT2D eigenvalue weighted by atomic mass is 10.1. The van der Waals surface area contributed by atoms with Gasteiger partial charge in [-0.2, -0.15) is 9.61 Å². The smallest absolute Gasteiger partial charge is 0.166 e. The Morgan fingerprint density at radius 3 is 2.86 bits per heavy atom. The van der Waals surface area contributed by atoms with E-state index in [9.17, 15) is 0 Å². The van der Waals surface area contributed by atoms with Crippen molar-refractivity contribution in [3.8, 4) is 10.4 Å². The molecule has 0 fully saturated rings. The van der Waals surface area contributed by atoms with Crippen LogP contribution in [-0.4, -0.2) is 19.6 Å². The largest absolute Gasteiger partial charge is 0.236 e. The van der Waals surface area contributed by atoms with Gasteiger partial charge in [-0.1, -0.05) is 31.5 Å². The quantitative estimate of drug-likeness (QED) is 0.497. The third-order valence-electron chi connectivity index (χ3n) is 3.61. The molecule has 0 aliphatic carbocycles. The van der Waals surface area contributed by atoms with Gasteiger partial charge < -0.3 is 0 Å². The molecule has 0 spiro atoms. The number of pyridine rings is 1. The lowest BCUT2D eigenvalue weighted by Crippen LogP contribution is -1.97. The van der Waals surface area contributed by atoms with Crippen molar-refractivity contribution in [1.82, 2.24) is 19.6 Å². The molecule has 0 N–H and O–H groups in total. The van der Waals surface area contributed by atoms with Gasteiger partial charge in [0.05, 0.1) is 5.69 Å². The summed E-state index contributed by atoms with van der Waals surface area (Å²) in [6, 6.07) is 8.06. The summed E-state index contributed by atoms with van der Waals surface area (Å²) in [7, 11) is 0. The molecule has 0 amide bonds. The van der Waals surface area contributed by atoms with Crippen LogP contribution in [0.15, 0.2) is 35.8 Å². The van der Waals surface area contributed by atoms with Crippen molar-refractivity contribution in [1.29, 1.82) is 0 Å². The highest BCUT2D eigenvalue weighted by Gasteiger charge is 2.13. The summed E-state index contributed by atoms with van der Waals surface area (Å²) in [5.74, 6) is 0.345. The van der Waals surface area contributed by atoms with Crippen molar-refractivity contribution in [2.75, 3.05) is 0 Å². The molecule has 0 aliphatic rings. The molecule has 0 saturated carbocycles. The molecule has 0 bridgehead atoms. The third kappa shape index (κ3) is 2.09. The first-order chi connectivity index (χ1) is 10.6. The normalized spacial score (nSPS) is 11.8. The molecule has 0 saturated heterocycles. The van der Waals surface area contributed by atoms with Crippen molar-refractivity contribution in [3.63, 3.8) is 0 Å². The Morgan fingerprint density at radius 1 is 1.27 bits per heavy atom. The zero-order chi connectivity index (χ0) is 15.3. The van der Waals surface area contributed by atoms with Crippen LogP contribution in [0, 0.1) is 0 Å². The summed E-state index contributed by atoms with van der Waals surface area (Å²) >= 11 is 8.04.